The number of hydrogen-bond acceptors (Lipinski definition) is 3. The third-order valence-electron chi connectivity index (χ3n) is 4.19. The van der Waals surface area contributed by atoms with E-state index in [9.17, 15) is 4.79 Å². The number of hydrogen-bond donors (Lipinski definition) is 2. The van der Waals surface area contributed by atoms with Gasteiger partial charge < -0.3 is 15.5 Å². The third-order valence-corrected chi connectivity index (χ3v) is 5.29. The summed E-state index contributed by atoms with van der Waals surface area (Å²) in [5.74, 6) is 1.11. The van der Waals surface area contributed by atoms with Gasteiger partial charge in [-0.05, 0) is 23.9 Å². The average molecular weight is 373 g/mol. The van der Waals surface area contributed by atoms with Crippen LogP contribution < -0.4 is 10.6 Å². The van der Waals surface area contributed by atoms with E-state index >= 15 is 0 Å². The van der Waals surface area contributed by atoms with Crippen LogP contribution in [0.25, 0.3) is 0 Å². The van der Waals surface area contributed by atoms with Crippen molar-refractivity contribution in [1.29, 1.82) is 0 Å². The minimum atomic E-state index is 0.0607. The number of nitrogens with zero attached hydrogens (tertiary/aromatic N) is 2. The van der Waals surface area contributed by atoms with E-state index in [1.165, 1.54) is 4.88 Å². The summed E-state index contributed by atoms with van der Waals surface area (Å²) >= 11 is 1.76. The third kappa shape index (κ3) is 6.19. The van der Waals surface area contributed by atoms with Crippen LogP contribution in [0.1, 0.15) is 30.2 Å². The summed E-state index contributed by atoms with van der Waals surface area (Å²) in [7, 11) is 1.72. The summed E-state index contributed by atoms with van der Waals surface area (Å²) in [6.07, 6.45) is 0. The van der Waals surface area contributed by atoms with Crippen LogP contribution in [-0.2, 0) is 11.3 Å². The number of carbonyl (C=O) groups excluding carboxylic acids is 1. The standard InChI is InChI=1S/C20H28N4OS/c1-4-24(15-17-9-6-5-7-10-17)19(25)14-23-20(21-3)22-13-16(2)18-11-8-12-26-18/h5-12,16H,4,13-15H2,1-3H3,(H2,21,22,23). The van der Waals surface area contributed by atoms with Crippen molar-refractivity contribution in [2.24, 2.45) is 4.99 Å². The molecule has 0 fully saturated rings. The molecule has 26 heavy (non-hydrogen) atoms. The van der Waals surface area contributed by atoms with E-state index in [1.807, 2.05) is 42.2 Å². The second-order valence-corrected chi connectivity index (χ2v) is 7.10. The molecule has 0 bridgehead atoms. The molecule has 6 heteroatoms. The lowest BCUT2D eigenvalue weighted by atomic mass is 10.1. The van der Waals surface area contributed by atoms with Crippen LogP contribution in [0, 0.1) is 0 Å². The van der Waals surface area contributed by atoms with Gasteiger partial charge in [-0.2, -0.15) is 0 Å². The number of carbonyl (C=O) groups is 1. The first-order chi connectivity index (χ1) is 12.6. The van der Waals surface area contributed by atoms with Crippen LogP contribution in [0.2, 0.25) is 0 Å². The Labute approximate surface area is 160 Å². The van der Waals surface area contributed by atoms with Crippen molar-refractivity contribution in [1.82, 2.24) is 15.5 Å². The number of aliphatic imine (C=N–C) groups is 1. The molecule has 1 unspecified atom stereocenters. The molecule has 0 aliphatic rings. The van der Waals surface area contributed by atoms with Crippen molar-refractivity contribution >= 4 is 23.2 Å². The zero-order chi connectivity index (χ0) is 18.8. The van der Waals surface area contributed by atoms with Crippen LogP contribution in [0.15, 0.2) is 52.8 Å². The van der Waals surface area contributed by atoms with Crippen molar-refractivity contribution in [3.63, 3.8) is 0 Å². The fourth-order valence-corrected chi connectivity index (χ4v) is 3.38. The number of guanidine groups is 1. The molecule has 2 N–H and O–H groups in total. The first-order valence-corrected chi connectivity index (χ1v) is 9.81. The van der Waals surface area contributed by atoms with Crippen molar-refractivity contribution < 1.29 is 4.79 Å². The molecule has 1 amide bonds. The first kappa shape index (κ1) is 20.0. The summed E-state index contributed by atoms with van der Waals surface area (Å²) in [6, 6.07) is 14.2. The quantitative estimate of drug-likeness (QED) is 0.553. The van der Waals surface area contributed by atoms with Crippen molar-refractivity contribution in [3.8, 4) is 0 Å². The van der Waals surface area contributed by atoms with Crippen LogP contribution in [0.5, 0.6) is 0 Å². The molecule has 140 valence electrons. The lowest BCUT2D eigenvalue weighted by molar-refractivity contribution is -0.130. The normalized spacial score (nSPS) is 12.5. The van der Waals surface area contributed by atoms with E-state index in [0.29, 0.717) is 25.0 Å². The van der Waals surface area contributed by atoms with Gasteiger partial charge in [0.05, 0.1) is 6.54 Å². The van der Waals surface area contributed by atoms with Gasteiger partial charge in [0.25, 0.3) is 0 Å². The van der Waals surface area contributed by atoms with Gasteiger partial charge in [0.15, 0.2) is 5.96 Å². The van der Waals surface area contributed by atoms with Gasteiger partial charge in [0, 0.05) is 37.5 Å². The monoisotopic (exact) mass is 372 g/mol. The summed E-state index contributed by atoms with van der Waals surface area (Å²) in [5, 5.41) is 8.50. The molecular formula is C20H28N4OS. The minimum absolute atomic E-state index is 0.0607. The highest BCUT2D eigenvalue weighted by atomic mass is 32.1. The molecule has 1 aromatic heterocycles. The number of amides is 1. The van der Waals surface area contributed by atoms with Crippen LogP contribution in [-0.4, -0.2) is 43.4 Å². The Morgan fingerprint density at radius 1 is 1.19 bits per heavy atom. The van der Waals surface area contributed by atoms with E-state index in [-0.39, 0.29) is 12.5 Å². The molecule has 2 aromatic rings. The Kier molecular flexibility index (Phi) is 8.15. The molecule has 0 aliphatic heterocycles. The van der Waals surface area contributed by atoms with Crippen molar-refractivity contribution in [2.75, 3.05) is 26.7 Å². The maximum Gasteiger partial charge on any atom is 0.242 e. The average Bonchev–Trinajstić information content (AvgIpc) is 3.21. The van der Waals surface area contributed by atoms with Gasteiger partial charge in [-0.15, -0.1) is 11.3 Å². The van der Waals surface area contributed by atoms with Crippen LogP contribution in [0.4, 0.5) is 0 Å². The molecule has 1 aromatic carbocycles. The number of thiophene rings is 1. The molecule has 0 radical (unpaired) electrons. The van der Waals surface area contributed by atoms with Crippen LogP contribution >= 0.6 is 11.3 Å². The van der Waals surface area contributed by atoms with Gasteiger partial charge in [-0.25, -0.2) is 0 Å². The van der Waals surface area contributed by atoms with Gasteiger partial charge in [0.1, 0.15) is 0 Å². The largest absolute Gasteiger partial charge is 0.356 e. The fourth-order valence-electron chi connectivity index (χ4n) is 2.59. The molecule has 0 saturated heterocycles. The van der Waals surface area contributed by atoms with E-state index in [0.717, 1.165) is 12.1 Å². The van der Waals surface area contributed by atoms with Crippen LogP contribution in [0.3, 0.4) is 0 Å². The second kappa shape index (κ2) is 10.6. The van der Waals surface area contributed by atoms with Gasteiger partial charge >= 0.3 is 0 Å². The topological polar surface area (TPSA) is 56.7 Å². The molecule has 0 saturated carbocycles. The lowest BCUT2D eigenvalue weighted by Crippen LogP contribution is -2.45. The number of rotatable bonds is 8. The first-order valence-electron chi connectivity index (χ1n) is 8.93. The Hall–Kier alpha value is -2.34. The number of benzene rings is 1. The Balaban J connectivity index is 1.79. The van der Waals surface area contributed by atoms with Crippen molar-refractivity contribution in [2.45, 2.75) is 26.3 Å². The molecule has 5 nitrogen and oxygen atoms in total. The molecule has 0 aliphatic carbocycles. The number of nitrogens with one attached hydrogen (secondary N) is 2. The van der Waals surface area contributed by atoms with E-state index < -0.39 is 0 Å². The molecular weight excluding hydrogens is 344 g/mol. The second-order valence-electron chi connectivity index (χ2n) is 6.12. The fraction of sp³-hybridized carbons (Fsp3) is 0.400. The smallest absolute Gasteiger partial charge is 0.242 e. The number of likely N-dealkylation sites (N-methyl/N-ethyl adjacent to an activating group) is 1. The highest BCUT2D eigenvalue weighted by molar-refractivity contribution is 7.10. The zero-order valence-electron chi connectivity index (χ0n) is 15.7. The van der Waals surface area contributed by atoms with E-state index in [2.05, 4.69) is 40.1 Å². The Morgan fingerprint density at radius 3 is 2.58 bits per heavy atom. The molecule has 0 spiro atoms. The van der Waals surface area contributed by atoms with E-state index in [4.69, 9.17) is 0 Å². The molecule has 2 rings (SSSR count). The van der Waals surface area contributed by atoms with E-state index in [1.54, 1.807) is 18.4 Å². The van der Waals surface area contributed by atoms with Gasteiger partial charge in [-0.3, -0.25) is 9.79 Å². The Bertz CT molecular complexity index is 685. The summed E-state index contributed by atoms with van der Waals surface area (Å²) < 4.78 is 0. The minimum Gasteiger partial charge on any atom is -0.356 e. The maximum atomic E-state index is 12.5. The highest BCUT2D eigenvalue weighted by Gasteiger charge is 2.13. The summed E-state index contributed by atoms with van der Waals surface area (Å²) in [4.78, 5) is 19.9. The molecule has 1 atom stereocenters. The van der Waals surface area contributed by atoms with Gasteiger partial charge in [-0.1, -0.05) is 43.3 Å². The Morgan fingerprint density at radius 2 is 1.96 bits per heavy atom. The van der Waals surface area contributed by atoms with Crippen molar-refractivity contribution in [3.05, 3.63) is 58.3 Å². The highest BCUT2D eigenvalue weighted by Crippen LogP contribution is 2.19. The lowest BCUT2D eigenvalue weighted by Gasteiger charge is -2.22. The summed E-state index contributed by atoms with van der Waals surface area (Å²) in [5.41, 5.74) is 1.13. The maximum absolute atomic E-state index is 12.5. The predicted octanol–water partition coefficient (Wildman–Crippen LogP) is 3.07. The SMILES string of the molecule is CCN(Cc1ccccc1)C(=O)CNC(=NC)NCC(C)c1cccs1. The van der Waals surface area contributed by atoms with Gasteiger partial charge in [0.2, 0.25) is 5.91 Å². The predicted molar refractivity (Wildman–Crippen MR) is 110 cm³/mol. The zero-order valence-corrected chi connectivity index (χ0v) is 16.6. The summed E-state index contributed by atoms with van der Waals surface area (Å²) in [6.45, 7) is 6.48. The molecule has 1 heterocycles.